The fraction of sp³-hybridized carbons (Fsp3) is 0. The van der Waals surface area contributed by atoms with Crippen molar-refractivity contribution in [1.82, 2.24) is 4.98 Å². The van der Waals surface area contributed by atoms with Crippen molar-refractivity contribution < 1.29 is 17.0 Å². The first-order valence-corrected chi connectivity index (χ1v) is 9.08. The van der Waals surface area contributed by atoms with Crippen LogP contribution in [0.4, 0.5) is 0 Å². The highest BCUT2D eigenvalue weighted by Crippen LogP contribution is 2.28. The molecule has 2 heterocycles. The molecule has 0 unspecified atom stereocenters. The Bertz CT molecular complexity index is 1190. The Morgan fingerprint density at radius 3 is 2.67 bits per heavy atom. The van der Waals surface area contributed by atoms with Crippen molar-refractivity contribution in [3.63, 3.8) is 0 Å². The lowest BCUT2D eigenvalue weighted by molar-refractivity contribution is 0.484. The van der Waals surface area contributed by atoms with Gasteiger partial charge < -0.3 is 8.60 Å². The second-order valence-corrected chi connectivity index (χ2v) is 7.69. The molecule has 0 radical (unpaired) electrons. The van der Waals surface area contributed by atoms with Crippen LogP contribution in [0.5, 0.6) is 5.75 Å². The highest BCUT2D eigenvalue weighted by Gasteiger charge is 2.22. The highest BCUT2D eigenvalue weighted by molar-refractivity contribution is 7.89. The van der Waals surface area contributed by atoms with E-state index in [0.29, 0.717) is 10.9 Å². The molecule has 4 aromatic rings. The summed E-state index contributed by atoms with van der Waals surface area (Å²) in [7, 11) is -4.07. The number of fused-ring (bicyclic) bond motifs is 2. The molecule has 8 heteroatoms. The molecule has 0 aliphatic carbocycles. The van der Waals surface area contributed by atoms with E-state index in [2.05, 4.69) is 4.98 Å². The molecular formula is C16H9NO5S2. The van der Waals surface area contributed by atoms with E-state index in [-0.39, 0.29) is 15.7 Å². The first-order chi connectivity index (χ1) is 11.5. The van der Waals surface area contributed by atoms with E-state index in [1.165, 1.54) is 18.2 Å². The van der Waals surface area contributed by atoms with Gasteiger partial charge in [-0.05, 0) is 30.3 Å². The largest absolute Gasteiger partial charge is 0.423 e. The molecule has 120 valence electrons. The highest BCUT2D eigenvalue weighted by atomic mass is 32.3. The Morgan fingerprint density at radius 1 is 1.04 bits per heavy atom. The smallest absolute Gasteiger partial charge is 0.366 e. The number of hydrogen-bond acceptors (Lipinski definition) is 7. The summed E-state index contributed by atoms with van der Waals surface area (Å²) in [6, 6.07) is 14.5. The maximum Gasteiger partial charge on any atom is 0.366 e. The minimum absolute atomic E-state index is 0.0520. The quantitative estimate of drug-likeness (QED) is 0.412. The number of nitrogens with zero attached hydrogens (tertiary/aromatic N) is 1. The van der Waals surface area contributed by atoms with Crippen molar-refractivity contribution in [3.8, 4) is 5.75 Å². The molecule has 0 bridgehead atoms. The first kappa shape index (κ1) is 14.9. The molecule has 0 fully saturated rings. The summed E-state index contributed by atoms with van der Waals surface area (Å²) < 4.78 is 35.6. The minimum atomic E-state index is -4.07. The van der Waals surface area contributed by atoms with E-state index in [4.69, 9.17) is 8.60 Å². The van der Waals surface area contributed by atoms with Crippen LogP contribution >= 0.6 is 11.3 Å². The fourth-order valence-corrected chi connectivity index (χ4v) is 4.33. The Hall–Kier alpha value is -2.71. The predicted octanol–water partition coefficient (Wildman–Crippen LogP) is 3.17. The van der Waals surface area contributed by atoms with Gasteiger partial charge in [0.1, 0.15) is 11.3 Å². The molecule has 0 aliphatic heterocycles. The topological polar surface area (TPSA) is 86.5 Å². The van der Waals surface area contributed by atoms with Gasteiger partial charge >= 0.3 is 15.7 Å². The van der Waals surface area contributed by atoms with E-state index in [0.717, 1.165) is 16.0 Å². The van der Waals surface area contributed by atoms with E-state index in [1.54, 1.807) is 30.3 Å². The zero-order valence-electron chi connectivity index (χ0n) is 12.0. The zero-order valence-corrected chi connectivity index (χ0v) is 13.6. The van der Waals surface area contributed by atoms with Gasteiger partial charge in [-0.2, -0.15) is 8.42 Å². The SMILES string of the molecule is O=c1ccc2ccc(OS(=O)(=O)c3nc4ccccc4s3)cc2o1. The molecule has 0 amide bonds. The van der Waals surface area contributed by atoms with Crippen LogP contribution in [0.1, 0.15) is 0 Å². The predicted molar refractivity (Wildman–Crippen MR) is 89.9 cm³/mol. The monoisotopic (exact) mass is 359 g/mol. The lowest BCUT2D eigenvalue weighted by atomic mass is 10.2. The Labute approximate surface area is 140 Å². The molecule has 0 aliphatic rings. The zero-order chi connectivity index (χ0) is 16.7. The molecule has 2 aromatic heterocycles. The van der Waals surface area contributed by atoms with Crippen LogP contribution in [0.15, 0.2) is 68.1 Å². The number of thiazole rings is 1. The summed E-state index contributed by atoms with van der Waals surface area (Å²) in [4.78, 5) is 15.4. The number of para-hydroxylation sites is 1. The molecule has 0 spiro atoms. The van der Waals surface area contributed by atoms with Crippen molar-refractivity contribution in [1.29, 1.82) is 0 Å². The summed E-state index contributed by atoms with van der Waals surface area (Å²) in [5, 5.41) is 0.666. The van der Waals surface area contributed by atoms with Crippen LogP contribution in [-0.4, -0.2) is 13.4 Å². The van der Waals surface area contributed by atoms with Gasteiger partial charge in [-0.15, -0.1) is 0 Å². The third-order valence-electron chi connectivity index (χ3n) is 3.29. The average Bonchev–Trinajstić information content (AvgIpc) is 2.99. The van der Waals surface area contributed by atoms with Crippen molar-refractivity contribution >= 4 is 42.6 Å². The maximum atomic E-state index is 12.4. The van der Waals surface area contributed by atoms with Crippen molar-refractivity contribution in [2.45, 2.75) is 4.34 Å². The van der Waals surface area contributed by atoms with Crippen LogP contribution in [0.2, 0.25) is 0 Å². The number of benzene rings is 2. The van der Waals surface area contributed by atoms with Gasteiger partial charge in [-0.25, -0.2) is 9.78 Å². The average molecular weight is 359 g/mol. The second-order valence-electron chi connectivity index (χ2n) is 4.94. The normalized spacial score (nSPS) is 11.8. The van der Waals surface area contributed by atoms with Crippen molar-refractivity contribution in [3.05, 3.63) is 65.0 Å². The van der Waals surface area contributed by atoms with Gasteiger partial charge in [0.05, 0.1) is 10.2 Å². The van der Waals surface area contributed by atoms with Crippen LogP contribution in [0.25, 0.3) is 21.2 Å². The van der Waals surface area contributed by atoms with E-state index < -0.39 is 15.7 Å². The van der Waals surface area contributed by atoms with Gasteiger partial charge in [0, 0.05) is 17.5 Å². The van der Waals surface area contributed by atoms with E-state index in [9.17, 15) is 13.2 Å². The third kappa shape index (κ3) is 2.66. The molecule has 2 aromatic carbocycles. The Kier molecular flexibility index (Phi) is 3.36. The molecule has 0 saturated carbocycles. The Morgan fingerprint density at radius 2 is 1.83 bits per heavy atom. The van der Waals surface area contributed by atoms with Crippen molar-refractivity contribution in [2.24, 2.45) is 0 Å². The summed E-state index contributed by atoms with van der Waals surface area (Å²) in [6.45, 7) is 0. The van der Waals surface area contributed by atoms with Gasteiger partial charge in [-0.1, -0.05) is 23.5 Å². The number of aromatic nitrogens is 1. The minimum Gasteiger partial charge on any atom is -0.423 e. The standard InChI is InChI=1S/C16H9NO5S2/c18-15-8-6-10-5-7-11(9-13(10)21-15)22-24(19,20)16-17-12-3-1-2-4-14(12)23-16/h1-9H. The van der Waals surface area contributed by atoms with Crippen molar-refractivity contribution in [2.75, 3.05) is 0 Å². The van der Waals surface area contributed by atoms with Gasteiger partial charge in [-0.3, -0.25) is 0 Å². The van der Waals surface area contributed by atoms with E-state index in [1.807, 2.05) is 6.07 Å². The van der Waals surface area contributed by atoms with Crippen LogP contribution < -0.4 is 9.81 Å². The number of rotatable bonds is 3. The molecule has 4 rings (SSSR count). The van der Waals surface area contributed by atoms with Gasteiger partial charge in [0.15, 0.2) is 0 Å². The van der Waals surface area contributed by atoms with Crippen LogP contribution in [0, 0.1) is 0 Å². The lowest BCUT2D eigenvalue weighted by Gasteiger charge is -2.04. The van der Waals surface area contributed by atoms with Gasteiger partial charge in [0.2, 0.25) is 4.34 Å². The molecule has 24 heavy (non-hydrogen) atoms. The molecule has 0 atom stereocenters. The Balaban J connectivity index is 1.74. The fourth-order valence-electron chi connectivity index (χ4n) is 2.21. The molecule has 0 N–H and O–H groups in total. The summed E-state index contributed by atoms with van der Waals surface area (Å²) in [6.07, 6.45) is 0. The first-order valence-electron chi connectivity index (χ1n) is 6.85. The molecule has 0 saturated heterocycles. The van der Waals surface area contributed by atoms with E-state index >= 15 is 0 Å². The number of hydrogen-bond donors (Lipinski definition) is 0. The summed E-state index contributed by atoms with van der Waals surface area (Å²) in [5.41, 5.74) is 0.322. The molecule has 6 nitrogen and oxygen atoms in total. The lowest BCUT2D eigenvalue weighted by Crippen LogP contribution is -2.09. The van der Waals surface area contributed by atoms with Crippen LogP contribution in [0.3, 0.4) is 0 Å². The van der Waals surface area contributed by atoms with Crippen LogP contribution in [-0.2, 0) is 10.1 Å². The summed E-state index contributed by atoms with van der Waals surface area (Å²) >= 11 is 1.03. The summed E-state index contributed by atoms with van der Waals surface area (Å²) in [5.74, 6) is 0.0520. The maximum absolute atomic E-state index is 12.4. The van der Waals surface area contributed by atoms with Gasteiger partial charge in [0.25, 0.3) is 0 Å². The second kappa shape index (κ2) is 5.43. The molecular weight excluding hydrogens is 350 g/mol. The third-order valence-corrected chi connectivity index (χ3v) is 5.91.